The number of hydrogen-bond acceptors (Lipinski definition) is 5. The Morgan fingerprint density at radius 3 is 2.71 bits per heavy atom. The SMILES string of the molecule is Cc1ccc(-c2cc(C(=O)N(Cc3ccccc3Cl)[C@@H]3CCS(=O)(=O)C3)no2)cc1F. The van der Waals surface area contributed by atoms with Gasteiger partial charge in [-0.1, -0.05) is 47.1 Å². The van der Waals surface area contributed by atoms with Gasteiger partial charge in [-0.05, 0) is 36.6 Å². The molecule has 4 rings (SSSR count). The quantitative estimate of drug-likeness (QED) is 0.565. The summed E-state index contributed by atoms with van der Waals surface area (Å²) in [5, 5.41) is 4.35. The molecule has 6 nitrogen and oxygen atoms in total. The summed E-state index contributed by atoms with van der Waals surface area (Å²) in [5.41, 5.74) is 1.67. The molecule has 0 spiro atoms. The third kappa shape index (κ3) is 4.65. The van der Waals surface area contributed by atoms with Crippen molar-refractivity contribution in [3.63, 3.8) is 0 Å². The molecule has 9 heteroatoms. The fourth-order valence-electron chi connectivity index (χ4n) is 3.60. The molecule has 31 heavy (non-hydrogen) atoms. The summed E-state index contributed by atoms with van der Waals surface area (Å²) in [5.74, 6) is -0.699. The van der Waals surface area contributed by atoms with Crippen LogP contribution in [0.1, 0.15) is 28.0 Å². The van der Waals surface area contributed by atoms with E-state index in [2.05, 4.69) is 5.16 Å². The topological polar surface area (TPSA) is 80.5 Å². The third-order valence-corrected chi connectivity index (χ3v) is 7.51. The second-order valence-corrected chi connectivity index (χ2v) is 10.3. The molecule has 0 saturated carbocycles. The van der Waals surface area contributed by atoms with Crippen LogP contribution in [0.25, 0.3) is 11.3 Å². The molecule has 1 aromatic heterocycles. The average molecular weight is 463 g/mol. The second kappa shape index (κ2) is 8.43. The van der Waals surface area contributed by atoms with Gasteiger partial charge >= 0.3 is 0 Å². The van der Waals surface area contributed by atoms with Crippen molar-refractivity contribution in [2.24, 2.45) is 0 Å². The minimum Gasteiger partial charge on any atom is -0.355 e. The molecule has 1 aliphatic rings. The summed E-state index contributed by atoms with van der Waals surface area (Å²) in [6.45, 7) is 1.79. The zero-order valence-electron chi connectivity index (χ0n) is 16.7. The van der Waals surface area contributed by atoms with E-state index in [1.807, 2.05) is 0 Å². The third-order valence-electron chi connectivity index (χ3n) is 5.39. The maximum absolute atomic E-state index is 13.9. The Morgan fingerprint density at radius 2 is 2.03 bits per heavy atom. The Morgan fingerprint density at radius 1 is 1.26 bits per heavy atom. The maximum Gasteiger partial charge on any atom is 0.276 e. The van der Waals surface area contributed by atoms with Gasteiger partial charge in [0.05, 0.1) is 11.5 Å². The molecule has 1 atom stereocenters. The molecular weight excluding hydrogens is 443 g/mol. The maximum atomic E-state index is 13.9. The number of hydrogen-bond donors (Lipinski definition) is 0. The molecule has 2 aromatic carbocycles. The predicted molar refractivity (Wildman–Crippen MR) is 115 cm³/mol. The fourth-order valence-corrected chi connectivity index (χ4v) is 5.53. The normalized spacial score (nSPS) is 17.6. The summed E-state index contributed by atoms with van der Waals surface area (Å²) in [7, 11) is -3.22. The molecule has 0 aliphatic carbocycles. The Kier molecular flexibility index (Phi) is 5.85. The van der Waals surface area contributed by atoms with Crippen LogP contribution < -0.4 is 0 Å². The number of rotatable bonds is 5. The summed E-state index contributed by atoms with van der Waals surface area (Å²) >= 11 is 6.27. The molecule has 2 heterocycles. The molecule has 1 saturated heterocycles. The van der Waals surface area contributed by atoms with Gasteiger partial charge in [0.2, 0.25) is 0 Å². The van der Waals surface area contributed by atoms with Gasteiger partial charge in [-0.3, -0.25) is 4.79 Å². The summed E-state index contributed by atoms with van der Waals surface area (Å²) in [6.07, 6.45) is 0.340. The predicted octanol–water partition coefficient (Wildman–Crippen LogP) is 4.27. The molecule has 0 bridgehead atoms. The van der Waals surface area contributed by atoms with Gasteiger partial charge in [0.1, 0.15) is 5.82 Å². The fraction of sp³-hybridized carbons (Fsp3) is 0.273. The highest BCUT2D eigenvalue weighted by Gasteiger charge is 2.36. The molecular formula is C22H20ClFN2O4S. The number of carbonyl (C=O) groups excluding carboxylic acids is 1. The molecule has 0 N–H and O–H groups in total. The van der Waals surface area contributed by atoms with Gasteiger partial charge < -0.3 is 9.42 Å². The smallest absolute Gasteiger partial charge is 0.276 e. The van der Waals surface area contributed by atoms with Gasteiger partial charge in [-0.15, -0.1) is 0 Å². The highest BCUT2D eigenvalue weighted by Crippen LogP contribution is 2.27. The van der Waals surface area contributed by atoms with E-state index in [0.29, 0.717) is 28.1 Å². The minimum absolute atomic E-state index is 0.0207. The number of benzene rings is 2. The lowest BCUT2D eigenvalue weighted by molar-refractivity contribution is 0.0670. The second-order valence-electron chi connectivity index (χ2n) is 7.62. The monoisotopic (exact) mass is 462 g/mol. The van der Waals surface area contributed by atoms with E-state index in [0.717, 1.165) is 0 Å². The Labute approximate surface area is 184 Å². The number of amides is 1. The van der Waals surface area contributed by atoms with E-state index < -0.39 is 27.6 Å². The lowest BCUT2D eigenvalue weighted by Crippen LogP contribution is -2.40. The summed E-state index contributed by atoms with van der Waals surface area (Å²) in [6, 6.07) is 12.6. The van der Waals surface area contributed by atoms with Crippen LogP contribution in [-0.2, 0) is 16.4 Å². The first kappa shape index (κ1) is 21.5. The zero-order valence-corrected chi connectivity index (χ0v) is 18.3. The Bertz CT molecular complexity index is 1240. The van der Waals surface area contributed by atoms with Crippen molar-refractivity contribution in [3.8, 4) is 11.3 Å². The highest BCUT2D eigenvalue weighted by molar-refractivity contribution is 7.91. The first-order chi connectivity index (χ1) is 14.7. The number of halogens is 2. The molecule has 1 aliphatic heterocycles. The van der Waals surface area contributed by atoms with E-state index in [1.165, 1.54) is 17.0 Å². The zero-order chi connectivity index (χ0) is 22.2. The Balaban J connectivity index is 1.65. The van der Waals surface area contributed by atoms with Crippen LogP contribution in [0.5, 0.6) is 0 Å². The standard InChI is InChI=1S/C22H20ClFN2O4S/c1-14-6-7-15(10-19(14)24)21-11-20(25-30-21)22(27)26(17-8-9-31(28,29)13-17)12-16-4-2-3-5-18(16)23/h2-7,10-11,17H,8-9,12-13H2,1H3/t17-/m1/s1. The highest BCUT2D eigenvalue weighted by atomic mass is 35.5. The number of sulfone groups is 1. The summed E-state index contributed by atoms with van der Waals surface area (Å²) < 4.78 is 43.3. The molecule has 1 amide bonds. The van der Waals surface area contributed by atoms with Crippen molar-refractivity contribution in [3.05, 3.63) is 76.2 Å². The van der Waals surface area contributed by atoms with Crippen molar-refractivity contribution in [1.82, 2.24) is 10.1 Å². The van der Waals surface area contributed by atoms with Crippen LogP contribution >= 0.6 is 11.6 Å². The number of aryl methyl sites for hydroxylation is 1. The lowest BCUT2D eigenvalue weighted by atomic mass is 10.1. The van der Waals surface area contributed by atoms with E-state index in [4.69, 9.17) is 16.1 Å². The van der Waals surface area contributed by atoms with Crippen LogP contribution in [0.3, 0.4) is 0 Å². The van der Waals surface area contributed by atoms with E-state index in [9.17, 15) is 17.6 Å². The van der Waals surface area contributed by atoms with Gasteiger partial charge in [-0.2, -0.15) is 0 Å². The van der Waals surface area contributed by atoms with Gasteiger partial charge in [0.15, 0.2) is 21.3 Å². The van der Waals surface area contributed by atoms with Crippen LogP contribution in [0.4, 0.5) is 4.39 Å². The van der Waals surface area contributed by atoms with Gasteiger partial charge in [0.25, 0.3) is 5.91 Å². The van der Waals surface area contributed by atoms with Crippen molar-refractivity contribution < 1.29 is 22.1 Å². The van der Waals surface area contributed by atoms with Crippen molar-refractivity contribution >= 4 is 27.3 Å². The molecule has 162 valence electrons. The van der Waals surface area contributed by atoms with Crippen molar-refractivity contribution in [1.29, 1.82) is 0 Å². The summed E-state index contributed by atoms with van der Waals surface area (Å²) in [4.78, 5) is 14.8. The van der Waals surface area contributed by atoms with Gasteiger partial charge in [0, 0.05) is 29.2 Å². The largest absolute Gasteiger partial charge is 0.355 e. The van der Waals surface area contributed by atoms with E-state index in [1.54, 1.807) is 43.3 Å². The van der Waals surface area contributed by atoms with E-state index >= 15 is 0 Å². The molecule has 1 fully saturated rings. The van der Waals surface area contributed by atoms with E-state index in [-0.39, 0.29) is 29.5 Å². The average Bonchev–Trinajstić information content (AvgIpc) is 3.36. The van der Waals surface area contributed by atoms with Gasteiger partial charge in [-0.25, -0.2) is 12.8 Å². The number of aromatic nitrogens is 1. The first-order valence-corrected chi connectivity index (χ1v) is 11.9. The van der Waals surface area contributed by atoms with Crippen LogP contribution in [0.15, 0.2) is 53.1 Å². The van der Waals surface area contributed by atoms with Crippen molar-refractivity contribution in [2.75, 3.05) is 11.5 Å². The molecule has 0 unspecified atom stereocenters. The van der Waals surface area contributed by atoms with Crippen LogP contribution in [-0.4, -0.2) is 41.9 Å². The Hall–Kier alpha value is -2.71. The minimum atomic E-state index is -3.22. The van der Waals surface area contributed by atoms with Crippen LogP contribution in [0, 0.1) is 12.7 Å². The lowest BCUT2D eigenvalue weighted by Gasteiger charge is -2.28. The molecule has 0 radical (unpaired) electrons. The number of nitrogens with zero attached hydrogens (tertiary/aromatic N) is 2. The van der Waals surface area contributed by atoms with Crippen LogP contribution in [0.2, 0.25) is 5.02 Å². The number of carbonyl (C=O) groups is 1. The molecule has 3 aromatic rings. The first-order valence-electron chi connectivity index (χ1n) is 9.71. The van der Waals surface area contributed by atoms with Crippen molar-refractivity contribution in [2.45, 2.75) is 25.9 Å².